The second-order valence-corrected chi connectivity index (χ2v) is 6.27. The summed E-state index contributed by atoms with van der Waals surface area (Å²) in [4.78, 5) is 2.64. The van der Waals surface area contributed by atoms with Gasteiger partial charge in [0.1, 0.15) is 0 Å². The maximum Gasteiger partial charge on any atom is 0.177 e. The lowest BCUT2D eigenvalue weighted by Crippen LogP contribution is -2.30. The predicted octanol–water partition coefficient (Wildman–Crippen LogP) is 2.08. The third-order valence-electron chi connectivity index (χ3n) is 2.96. The Kier molecular flexibility index (Phi) is 3.19. The minimum Gasteiger partial charge on any atom is -0.370 e. The Labute approximate surface area is 97.0 Å². The molecule has 0 radical (unpaired) electrons. The van der Waals surface area contributed by atoms with Crippen LogP contribution in [0.3, 0.4) is 0 Å². The van der Waals surface area contributed by atoms with Gasteiger partial charge in [0, 0.05) is 19.3 Å². The first kappa shape index (κ1) is 11.5. The summed E-state index contributed by atoms with van der Waals surface area (Å²) in [6, 6.07) is 7.28. The lowest BCUT2D eigenvalue weighted by atomic mass is 10.1. The van der Waals surface area contributed by atoms with Crippen molar-refractivity contribution in [1.82, 2.24) is 0 Å². The summed E-state index contributed by atoms with van der Waals surface area (Å²) in [5, 5.41) is 0. The van der Waals surface area contributed by atoms with Crippen molar-refractivity contribution in [2.24, 2.45) is 0 Å². The van der Waals surface area contributed by atoms with Gasteiger partial charge in [0.15, 0.2) is 9.84 Å². The molecular weight excluding hydrogens is 222 g/mol. The van der Waals surface area contributed by atoms with Crippen LogP contribution in [-0.2, 0) is 9.84 Å². The summed E-state index contributed by atoms with van der Waals surface area (Å²) in [6.07, 6.45) is 4.82. The van der Waals surface area contributed by atoms with Crippen molar-refractivity contribution in [2.45, 2.75) is 24.2 Å². The van der Waals surface area contributed by atoms with E-state index in [4.69, 9.17) is 0 Å². The third-order valence-corrected chi connectivity index (χ3v) is 4.11. The zero-order valence-electron chi connectivity index (χ0n) is 9.52. The van der Waals surface area contributed by atoms with Crippen LogP contribution in [0.5, 0.6) is 0 Å². The monoisotopic (exact) mass is 239 g/mol. The van der Waals surface area contributed by atoms with Crippen molar-refractivity contribution < 1.29 is 8.42 Å². The summed E-state index contributed by atoms with van der Waals surface area (Å²) in [6.45, 7) is 1.93. The molecule has 0 N–H and O–H groups in total. The molecule has 3 nitrogen and oxygen atoms in total. The molecule has 0 saturated carbocycles. The zero-order valence-corrected chi connectivity index (χ0v) is 10.3. The Morgan fingerprint density at radius 3 is 2.31 bits per heavy atom. The zero-order chi connectivity index (χ0) is 11.6. The van der Waals surface area contributed by atoms with E-state index in [1.807, 2.05) is 12.1 Å². The number of hydrogen-bond acceptors (Lipinski definition) is 3. The first-order valence-electron chi connectivity index (χ1n) is 5.63. The summed E-state index contributed by atoms with van der Waals surface area (Å²) in [5.41, 5.74) is 0.865. The van der Waals surface area contributed by atoms with Crippen LogP contribution in [0.4, 0.5) is 5.69 Å². The molecule has 1 fully saturated rings. The van der Waals surface area contributed by atoms with Crippen molar-refractivity contribution >= 4 is 15.5 Å². The average molecular weight is 239 g/mol. The van der Waals surface area contributed by atoms with Gasteiger partial charge in [-0.2, -0.15) is 0 Å². The van der Waals surface area contributed by atoms with Gasteiger partial charge < -0.3 is 4.90 Å². The molecule has 88 valence electrons. The molecule has 0 spiro atoms. The van der Waals surface area contributed by atoms with Crippen LogP contribution in [0, 0.1) is 0 Å². The molecule has 1 aliphatic heterocycles. The highest BCUT2D eigenvalue weighted by molar-refractivity contribution is 7.90. The summed E-state index contributed by atoms with van der Waals surface area (Å²) in [5.74, 6) is 0. The van der Waals surface area contributed by atoms with Crippen molar-refractivity contribution in [3.05, 3.63) is 24.3 Å². The van der Waals surface area contributed by atoms with E-state index in [2.05, 4.69) is 4.90 Å². The fourth-order valence-electron chi connectivity index (χ4n) is 2.17. The molecule has 1 aromatic carbocycles. The van der Waals surface area contributed by atoms with Crippen LogP contribution in [0.1, 0.15) is 19.3 Å². The normalized spacial score (nSPS) is 17.4. The molecule has 0 unspecified atom stereocenters. The van der Waals surface area contributed by atoms with Crippen molar-refractivity contribution in [3.8, 4) is 0 Å². The van der Waals surface area contributed by atoms with Gasteiger partial charge in [-0.15, -0.1) is 0 Å². The fourth-order valence-corrected chi connectivity index (χ4v) is 3.07. The molecule has 1 aromatic rings. The highest BCUT2D eigenvalue weighted by atomic mass is 32.2. The topological polar surface area (TPSA) is 37.4 Å². The van der Waals surface area contributed by atoms with E-state index in [1.54, 1.807) is 12.1 Å². The van der Waals surface area contributed by atoms with Gasteiger partial charge >= 0.3 is 0 Å². The molecule has 0 aliphatic carbocycles. The van der Waals surface area contributed by atoms with E-state index in [1.165, 1.54) is 12.7 Å². The molecule has 0 atom stereocenters. The Morgan fingerprint density at radius 2 is 1.69 bits per heavy atom. The number of benzene rings is 1. The van der Waals surface area contributed by atoms with Gasteiger partial charge in [-0.05, 0) is 31.4 Å². The molecule has 4 heteroatoms. The van der Waals surface area contributed by atoms with E-state index in [0.29, 0.717) is 4.90 Å². The second kappa shape index (κ2) is 4.45. The quantitative estimate of drug-likeness (QED) is 0.793. The van der Waals surface area contributed by atoms with E-state index < -0.39 is 9.84 Å². The number of piperidine rings is 1. The van der Waals surface area contributed by atoms with Crippen molar-refractivity contribution in [2.75, 3.05) is 24.2 Å². The van der Waals surface area contributed by atoms with Crippen molar-refractivity contribution in [1.29, 1.82) is 0 Å². The van der Waals surface area contributed by atoms with Gasteiger partial charge in [0.2, 0.25) is 0 Å². The molecule has 0 aromatic heterocycles. The van der Waals surface area contributed by atoms with Gasteiger partial charge in [-0.25, -0.2) is 8.42 Å². The Hall–Kier alpha value is -1.03. The summed E-state index contributed by atoms with van der Waals surface area (Å²) in [7, 11) is -3.12. The third kappa shape index (κ3) is 2.38. The van der Waals surface area contributed by atoms with Crippen LogP contribution in [-0.4, -0.2) is 27.8 Å². The van der Waals surface area contributed by atoms with E-state index >= 15 is 0 Å². The lowest BCUT2D eigenvalue weighted by molar-refractivity contribution is 0.572. The molecule has 0 amide bonds. The SMILES string of the molecule is CS(=O)(=O)c1ccccc1N1CCCCC1. The summed E-state index contributed by atoms with van der Waals surface area (Å²) < 4.78 is 23.3. The first-order valence-corrected chi connectivity index (χ1v) is 7.52. The van der Waals surface area contributed by atoms with E-state index in [9.17, 15) is 8.42 Å². The number of rotatable bonds is 2. The number of anilines is 1. The van der Waals surface area contributed by atoms with Crippen molar-refractivity contribution in [3.63, 3.8) is 0 Å². The van der Waals surface area contributed by atoms with E-state index in [0.717, 1.165) is 31.6 Å². The standard InChI is InChI=1S/C12H17NO2S/c1-16(14,15)12-8-4-3-7-11(12)13-9-5-2-6-10-13/h3-4,7-8H,2,5-6,9-10H2,1H3. The predicted molar refractivity (Wildman–Crippen MR) is 65.6 cm³/mol. The first-order chi connectivity index (χ1) is 7.59. The molecule has 1 saturated heterocycles. The Morgan fingerprint density at radius 1 is 1.06 bits per heavy atom. The van der Waals surface area contributed by atoms with Gasteiger partial charge in [-0.1, -0.05) is 12.1 Å². The Balaban J connectivity index is 2.40. The maximum absolute atomic E-state index is 11.7. The largest absolute Gasteiger partial charge is 0.370 e. The smallest absolute Gasteiger partial charge is 0.177 e. The highest BCUT2D eigenvalue weighted by Gasteiger charge is 2.18. The molecule has 0 bridgehead atoms. The molecule has 1 heterocycles. The van der Waals surface area contributed by atoms with Crippen LogP contribution >= 0.6 is 0 Å². The minimum atomic E-state index is -3.12. The second-order valence-electron chi connectivity index (χ2n) is 4.29. The van der Waals surface area contributed by atoms with Gasteiger partial charge in [0.05, 0.1) is 10.6 Å². The lowest BCUT2D eigenvalue weighted by Gasteiger charge is -2.30. The Bertz CT molecular complexity index is 462. The highest BCUT2D eigenvalue weighted by Crippen LogP contribution is 2.27. The molecule has 16 heavy (non-hydrogen) atoms. The number of sulfone groups is 1. The van der Waals surface area contributed by atoms with Crippen LogP contribution in [0.15, 0.2) is 29.2 Å². The van der Waals surface area contributed by atoms with Crippen LogP contribution in [0.2, 0.25) is 0 Å². The van der Waals surface area contributed by atoms with Gasteiger partial charge in [-0.3, -0.25) is 0 Å². The molecule has 1 aliphatic rings. The van der Waals surface area contributed by atoms with E-state index in [-0.39, 0.29) is 0 Å². The molecular formula is C12H17NO2S. The molecule has 2 rings (SSSR count). The van der Waals surface area contributed by atoms with Crippen LogP contribution < -0.4 is 4.90 Å². The fraction of sp³-hybridized carbons (Fsp3) is 0.500. The minimum absolute atomic E-state index is 0.455. The summed E-state index contributed by atoms with van der Waals surface area (Å²) >= 11 is 0. The van der Waals surface area contributed by atoms with Crippen LogP contribution in [0.25, 0.3) is 0 Å². The number of para-hydroxylation sites is 1. The maximum atomic E-state index is 11.7. The number of hydrogen-bond donors (Lipinski definition) is 0. The van der Waals surface area contributed by atoms with Gasteiger partial charge in [0.25, 0.3) is 0 Å². The average Bonchev–Trinajstić information content (AvgIpc) is 2.29. The number of nitrogens with zero attached hydrogens (tertiary/aromatic N) is 1.